The van der Waals surface area contributed by atoms with Crippen molar-refractivity contribution in [3.8, 4) is 0 Å². The van der Waals surface area contributed by atoms with Gasteiger partial charge in [0.2, 0.25) is 11.9 Å². The maximum absolute atomic E-state index is 11.2. The highest BCUT2D eigenvalue weighted by atomic mass is 16.6. The van der Waals surface area contributed by atoms with Gasteiger partial charge in [-0.05, 0) is 20.8 Å². The van der Waals surface area contributed by atoms with Gasteiger partial charge in [-0.3, -0.25) is 9.59 Å². The molecule has 0 bridgehead atoms. The van der Waals surface area contributed by atoms with Crippen LogP contribution in [0.4, 0.5) is 0 Å². The Balaban J connectivity index is 4.29. The smallest absolute Gasteiger partial charge is 0.344 e. The van der Waals surface area contributed by atoms with Gasteiger partial charge in [-0.15, -0.1) is 0 Å². The van der Waals surface area contributed by atoms with E-state index in [0.717, 1.165) is 6.29 Å². The van der Waals surface area contributed by atoms with E-state index in [9.17, 15) is 19.5 Å². The summed E-state index contributed by atoms with van der Waals surface area (Å²) in [5.74, 6) is -2.41. The number of carboxylic acids is 1. The lowest BCUT2D eigenvalue weighted by atomic mass is 10.00. The molecule has 0 aromatic carbocycles. The van der Waals surface area contributed by atoms with E-state index < -0.39 is 29.6 Å². The summed E-state index contributed by atoms with van der Waals surface area (Å²) in [4.78, 5) is 31.9. The van der Waals surface area contributed by atoms with Gasteiger partial charge in [0, 0.05) is 12.8 Å². The fraction of sp³-hybridized carbons (Fsp3) is 0.700. The van der Waals surface area contributed by atoms with Crippen LogP contribution in [0.1, 0.15) is 33.6 Å². The zero-order valence-electron chi connectivity index (χ0n) is 9.44. The summed E-state index contributed by atoms with van der Waals surface area (Å²) in [5.41, 5.74) is -3.33. The van der Waals surface area contributed by atoms with Crippen molar-refractivity contribution in [3.05, 3.63) is 0 Å². The third kappa shape index (κ3) is 4.88. The Morgan fingerprint density at radius 3 is 2.12 bits per heavy atom. The van der Waals surface area contributed by atoms with Crippen molar-refractivity contribution < 1.29 is 29.3 Å². The number of hydrogen-bond donors (Lipinski definition) is 2. The second kappa shape index (κ2) is 5.07. The molecule has 91 valence electrons. The average Bonchev–Trinajstić information content (AvgIpc) is 2.11. The minimum atomic E-state index is -2.64. The van der Waals surface area contributed by atoms with Crippen LogP contribution in [0.25, 0.3) is 0 Å². The molecule has 0 aliphatic rings. The summed E-state index contributed by atoms with van der Waals surface area (Å²) < 4.78 is 4.88. The molecule has 0 fully saturated rings. The standard InChI is InChI=1S/C10H15O6/c1-9(2,3)16-7(12)4-5-10(15,6-11)8(13)14/h15H,4-5H2,1-3H3,(H,13,14). The van der Waals surface area contributed by atoms with E-state index in [1.807, 2.05) is 0 Å². The normalized spacial score (nSPS) is 15.0. The van der Waals surface area contributed by atoms with Crippen LogP contribution in [0.2, 0.25) is 0 Å². The summed E-state index contributed by atoms with van der Waals surface area (Å²) in [6.45, 7) is 4.96. The molecular weight excluding hydrogens is 216 g/mol. The van der Waals surface area contributed by atoms with Gasteiger partial charge in [-0.2, -0.15) is 0 Å². The Morgan fingerprint density at radius 1 is 1.31 bits per heavy atom. The Morgan fingerprint density at radius 2 is 1.81 bits per heavy atom. The Kier molecular flexibility index (Phi) is 4.61. The van der Waals surface area contributed by atoms with E-state index in [4.69, 9.17) is 9.84 Å². The Labute approximate surface area is 93.2 Å². The van der Waals surface area contributed by atoms with Gasteiger partial charge in [0.1, 0.15) is 5.60 Å². The first kappa shape index (κ1) is 14.6. The predicted molar refractivity (Wildman–Crippen MR) is 53.4 cm³/mol. The molecule has 0 aliphatic heterocycles. The van der Waals surface area contributed by atoms with Crippen LogP contribution in [0.5, 0.6) is 0 Å². The number of carbonyl (C=O) groups excluding carboxylic acids is 2. The van der Waals surface area contributed by atoms with Crippen molar-refractivity contribution in [2.75, 3.05) is 0 Å². The van der Waals surface area contributed by atoms with Gasteiger partial charge in [0.15, 0.2) is 0 Å². The first-order chi connectivity index (χ1) is 7.10. The van der Waals surface area contributed by atoms with Crippen LogP contribution in [0.3, 0.4) is 0 Å². The molecule has 1 atom stereocenters. The summed E-state index contributed by atoms with van der Waals surface area (Å²) in [6.07, 6.45) is 0.0737. The SMILES string of the molecule is CC(C)(C)OC(=O)CCC(O)([C]=O)C(=O)O. The number of carboxylic acid groups (broad SMARTS) is 1. The van der Waals surface area contributed by atoms with Crippen LogP contribution in [-0.2, 0) is 19.1 Å². The fourth-order valence-electron chi connectivity index (χ4n) is 0.877. The number of rotatable bonds is 5. The first-order valence-electron chi connectivity index (χ1n) is 4.67. The number of aliphatic hydroxyl groups is 1. The zero-order valence-corrected chi connectivity index (χ0v) is 9.44. The van der Waals surface area contributed by atoms with Gasteiger partial charge in [-0.1, -0.05) is 0 Å². The van der Waals surface area contributed by atoms with Crippen LogP contribution in [-0.4, -0.2) is 39.6 Å². The van der Waals surface area contributed by atoms with Crippen LogP contribution >= 0.6 is 0 Å². The highest BCUT2D eigenvalue weighted by Gasteiger charge is 2.37. The Bertz CT molecular complexity index is 290. The molecule has 16 heavy (non-hydrogen) atoms. The van der Waals surface area contributed by atoms with Crippen LogP contribution in [0, 0.1) is 0 Å². The zero-order chi connectivity index (χ0) is 13.0. The lowest BCUT2D eigenvalue weighted by Gasteiger charge is -2.20. The number of aliphatic carboxylic acids is 1. The fourth-order valence-corrected chi connectivity index (χ4v) is 0.877. The molecule has 0 aliphatic carbocycles. The predicted octanol–water partition coefficient (Wildman–Crippen LogP) is 0.0337. The molecule has 2 N–H and O–H groups in total. The molecule has 0 spiro atoms. The molecule has 0 heterocycles. The average molecular weight is 231 g/mol. The van der Waals surface area contributed by atoms with Gasteiger partial charge in [0.25, 0.3) is 0 Å². The van der Waals surface area contributed by atoms with Crippen molar-refractivity contribution in [1.29, 1.82) is 0 Å². The third-order valence-corrected chi connectivity index (χ3v) is 1.63. The lowest BCUT2D eigenvalue weighted by molar-refractivity contribution is -0.158. The molecule has 0 aromatic heterocycles. The monoisotopic (exact) mass is 231 g/mol. The van der Waals surface area contributed by atoms with Crippen molar-refractivity contribution >= 4 is 18.2 Å². The van der Waals surface area contributed by atoms with Gasteiger partial charge in [-0.25, -0.2) is 4.79 Å². The largest absolute Gasteiger partial charge is 0.479 e. The lowest BCUT2D eigenvalue weighted by Crippen LogP contribution is -2.41. The molecule has 0 rings (SSSR count). The molecule has 6 nitrogen and oxygen atoms in total. The minimum absolute atomic E-state index is 0.366. The number of hydrogen-bond acceptors (Lipinski definition) is 5. The second-order valence-electron chi connectivity index (χ2n) is 4.35. The minimum Gasteiger partial charge on any atom is -0.479 e. The van der Waals surface area contributed by atoms with Crippen LogP contribution in [0.15, 0.2) is 0 Å². The molecule has 0 saturated heterocycles. The van der Waals surface area contributed by atoms with Crippen molar-refractivity contribution in [3.63, 3.8) is 0 Å². The van der Waals surface area contributed by atoms with Crippen LogP contribution < -0.4 is 0 Å². The highest BCUT2D eigenvalue weighted by molar-refractivity contribution is 5.95. The number of esters is 1. The summed E-state index contributed by atoms with van der Waals surface area (Å²) in [6, 6.07) is 0. The maximum Gasteiger partial charge on any atom is 0.344 e. The summed E-state index contributed by atoms with van der Waals surface area (Å²) in [5, 5.41) is 17.7. The summed E-state index contributed by atoms with van der Waals surface area (Å²) >= 11 is 0. The molecule has 0 amide bonds. The van der Waals surface area contributed by atoms with E-state index in [1.165, 1.54) is 0 Å². The number of carbonyl (C=O) groups is 2. The molecule has 1 unspecified atom stereocenters. The first-order valence-corrected chi connectivity index (χ1v) is 4.67. The van der Waals surface area contributed by atoms with E-state index in [1.54, 1.807) is 20.8 Å². The molecule has 6 heteroatoms. The highest BCUT2D eigenvalue weighted by Crippen LogP contribution is 2.14. The van der Waals surface area contributed by atoms with E-state index >= 15 is 0 Å². The maximum atomic E-state index is 11.2. The van der Waals surface area contributed by atoms with E-state index in [-0.39, 0.29) is 6.42 Å². The molecular formula is C10H15O6. The molecule has 0 saturated carbocycles. The van der Waals surface area contributed by atoms with Gasteiger partial charge in [0.05, 0.1) is 0 Å². The third-order valence-electron chi connectivity index (χ3n) is 1.63. The molecule has 1 radical (unpaired) electrons. The van der Waals surface area contributed by atoms with Gasteiger partial charge < -0.3 is 14.9 Å². The number of ether oxygens (including phenoxy) is 1. The van der Waals surface area contributed by atoms with Crippen molar-refractivity contribution in [2.45, 2.75) is 44.8 Å². The van der Waals surface area contributed by atoms with Crippen molar-refractivity contribution in [1.82, 2.24) is 0 Å². The summed E-state index contributed by atoms with van der Waals surface area (Å²) in [7, 11) is 0. The molecule has 0 aromatic rings. The van der Waals surface area contributed by atoms with E-state index in [0.29, 0.717) is 0 Å². The topological polar surface area (TPSA) is 101 Å². The van der Waals surface area contributed by atoms with Gasteiger partial charge >= 0.3 is 11.9 Å². The van der Waals surface area contributed by atoms with Crippen molar-refractivity contribution in [2.24, 2.45) is 0 Å². The quantitative estimate of drug-likeness (QED) is 0.511. The Hall–Kier alpha value is -1.43. The second-order valence-corrected chi connectivity index (χ2v) is 4.35. The van der Waals surface area contributed by atoms with E-state index in [2.05, 4.69) is 0 Å².